The van der Waals surface area contributed by atoms with Crippen LogP contribution in [0, 0.1) is 20.8 Å². The largest absolute Gasteiger partial charge is 0.289 e. The van der Waals surface area contributed by atoms with Crippen LogP contribution in [-0.4, -0.2) is 5.78 Å². The fourth-order valence-electron chi connectivity index (χ4n) is 1.89. The Morgan fingerprint density at radius 3 is 2.17 bits per heavy atom. The van der Waals surface area contributed by atoms with Gasteiger partial charge >= 0.3 is 0 Å². The van der Waals surface area contributed by atoms with Crippen LogP contribution in [0.25, 0.3) is 0 Å². The topological polar surface area (TPSA) is 17.1 Å². The molecule has 0 amide bonds. The van der Waals surface area contributed by atoms with Gasteiger partial charge in [-0.15, -0.1) is 0 Å². The smallest absolute Gasteiger partial charge is 0.193 e. The monoisotopic (exact) mass is 302 g/mol. The van der Waals surface area contributed by atoms with E-state index in [1.165, 1.54) is 0 Å². The summed E-state index contributed by atoms with van der Waals surface area (Å²) in [6.45, 7) is 5.98. The standard InChI is InChI=1S/C16H15BrO/c1-10-4-6-13(7-5-10)16(18)14-8-12(3)15(17)9-11(14)2/h4-9H,1-3H3. The summed E-state index contributed by atoms with van der Waals surface area (Å²) in [5, 5.41) is 0. The number of hydrogen-bond donors (Lipinski definition) is 0. The molecule has 2 rings (SSSR count). The minimum atomic E-state index is 0.0862. The van der Waals surface area contributed by atoms with Crippen LogP contribution in [0.4, 0.5) is 0 Å². The van der Waals surface area contributed by atoms with E-state index in [1.54, 1.807) is 0 Å². The molecule has 0 heterocycles. The molecule has 0 radical (unpaired) electrons. The van der Waals surface area contributed by atoms with Crippen LogP contribution in [-0.2, 0) is 0 Å². The van der Waals surface area contributed by atoms with Crippen molar-refractivity contribution >= 4 is 21.7 Å². The zero-order valence-electron chi connectivity index (χ0n) is 10.8. The first-order valence-electron chi connectivity index (χ1n) is 5.87. The van der Waals surface area contributed by atoms with E-state index < -0.39 is 0 Å². The molecule has 0 bridgehead atoms. The summed E-state index contributed by atoms with van der Waals surface area (Å²) in [5.41, 5.74) is 4.76. The minimum absolute atomic E-state index is 0.0862. The van der Waals surface area contributed by atoms with E-state index in [0.717, 1.165) is 32.3 Å². The van der Waals surface area contributed by atoms with Crippen molar-refractivity contribution in [3.05, 3.63) is 68.7 Å². The maximum atomic E-state index is 12.4. The van der Waals surface area contributed by atoms with Gasteiger partial charge in [-0.3, -0.25) is 4.79 Å². The first-order valence-corrected chi connectivity index (χ1v) is 6.66. The number of rotatable bonds is 2. The second-order valence-corrected chi connectivity index (χ2v) is 5.47. The van der Waals surface area contributed by atoms with Crippen molar-refractivity contribution < 1.29 is 4.79 Å². The lowest BCUT2D eigenvalue weighted by atomic mass is 9.97. The molecule has 0 aliphatic rings. The maximum Gasteiger partial charge on any atom is 0.193 e. The number of carbonyl (C=O) groups is 1. The van der Waals surface area contributed by atoms with E-state index in [2.05, 4.69) is 15.9 Å². The summed E-state index contributed by atoms with van der Waals surface area (Å²) in [6, 6.07) is 11.6. The number of hydrogen-bond acceptors (Lipinski definition) is 1. The molecule has 0 fully saturated rings. The molecule has 1 nitrogen and oxygen atoms in total. The molecule has 0 atom stereocenters. The van der Waals surface area contributed by atoms with Gasteiger partial charge in [0, 0.05) is 15.6 Å². The summed E-state index contributed by atoms with van der Waals surface area (Å²) in [6.07, 6.45) is 0. The van der Waals surface area contributed by atoms with Gasteiger partial charge in [0.15, 0.2) is 5.78 Å². The Hall–Kier alpha value is -1.41. The van der Waals surface area contributed by atoms with Crippen molar-refractivity contribution in [2.45, 2.75) is 20.8 Å². The molecule has 0 spiro atoms. The van der Waals surface area contributed by atoms with E-state index in [9.17, 15) is 4.79 Å². The predicted octanol–water partition coefficient (Wildman–Crippen LogP) is 4.61. The van der Waals surface area contributed by atoms with Gasteiger partial charge in [0.1, 0.15) is 0 Å². The quantitative estimate of drug-likeness (QED) is 0.741. The van der Waals surface area contributed by atoms with Crippen molar-refractivity contribution in [3.8, 4) is 0 Å². The molecule has 92 valence electrons. The average Bonchev–Trinajstić information content (AvgIpc) is 2.34. The lowest BCUT2D eigenvalue weighted by Crippen LogP contribution is -2.04. The number of ketones is 1. The third-order valence-electron chi connectivity index (χ3n) is 3.06. The highest BCUT2D eigenvalue weighted by molar-refractivity contribution is 9.10. The molecule has 18 heavy (non-hydrogen) atoms. The van der Waals surface area contributed by atoms with Crippen LogP contribution in [0.5, 0.6) is 0 Å². The van der Waals surface area contributed by atoms with Gasteiger partial charge < -0.3 is 0 Å². The van der Waals surface area contributed by atoms with Crippen molar-refractivity contribution in [3.63, 3.8) is 0 Å². The molecule has 0 unspecified atom stereocenters. The van der Waals surface area contributed by atoms with Gasteiger partial charge in [-0.1, -0.05) is 45.8 Å². The number of aryl methyl sites for hydroxylation is 3. The van der Waals surface area contributed by atoms with Gasteiger partial charge in [0.25, 0.3) is 0 Å². The summed E-state index contributed by atoms with van der Waals surface area (Å²) in [4.78, 5) is 12.4. The molecular formula is C16H15BrO. The lowest BCUT2D eigenvalue weighted by Gasteiger charge is -2.08. The minimum Gasteiger partial charge on any atom is -0.289 e. The number of carbonyl (C=O) groups excluding carboxylic acids is 1. The van der Waals surface area contributed by atoms with Crippen molar-refractivity contribution in [2.24, 2.45) is 0 Å². The molecule has 0 saturated carbocycles. The Balaban J connectivity index is 2.46. The van der Waals surface area contributed by atoms with Gasteiger partial charge in [0.05, 0.1) is 0 Å². The maximum absolute atomic E-state index is 12.4. The van der Waals surface area contributed by atoms with Crippen LogP contribution >= 0.6 is 15.9 Å². The summed E-state index contributed by atoms with van der Waals surface area (Å²) in [5.74, 6) is 0.0862. The van der Waals surface area contributed by atoms with Crippen molar-refractivity contribution in [2.75, 3.05) is 0 Å². The van der Waals surface area contributed by atoms with E-state index >= 15 is 0 Å². The molecular weight excluding hydrogens is 288 g/mol. The highest BCUT2D eigenvalue weighted by Crippen LogP contribution is 2.23. The van der Waals surface area contributed by atoms with E-state index in [0.29, 0.717) is 0 Å². The average molecular weight is 303 g/mol. The lowest BCUT2D eigenvalue weighted by molar-refractivity contribution is 0.103. The first-order chi connectivity index (χ1) is 8.49. The Morgan fingerprint density at radius 2 is 1.56 bits per heavy atom. The van der Waals surface area contributed by atoms with E-state index in [-0.39, 0.29) is 5.78 Å². The van der Waals surface area contributed by atoms with Gasteiger partial charge in [0.2, 0.25) is 0 Å². The zero-order chi connectivity index (χ0) is 13.3. The fraction of sp³-hybridized carbons (Fsp3) is 0.188. The molecule has 0 saturated heterocycles. The Kier molecular flexibility index (Phi) is 3.67. The molecule has 2 aromatic rings. The third kappa shape index (κ3) is 2.54. The second-order valence-electron chi connectivity index (χ2n) is 4.61. The fourth-order valence-corrected chi connectivity index (χ4v) is 2.34. The predicted molar refractivity (Wildman–Crippen MR) is 78.2 cm³/mol. The van der Waals surface area contributed by atoms with Crippen LogP contribution in [0.1, 0.15) is 32.6 Å². The molecule has 0 aromatic heterocycles. The van der Waals surface area contributed by atoms with Gasteiger partial charge in [-0.25, -0.2) is 0 Å². The SMILES string of the molecule is Cc1ccc(C(=O)c2cc(C)c(Br)cc2C)cc1. The van der Waals surface area contributed by atoms with Crippen LogP contribution < -0.4 is 0 Å². The highest BCUT2D eigenvalue weighted by atomic mass is 79.9. The molecule has 2 aromatic carbocycles. The Morgan fingerprint density at radius 1 is 0.944 bits per heavy atom. The highest BCUT2D eigenvalue weighted by Gasteiger charge is 2.13. The Bertz CT molecular complexity index is 597. The van der Waals surface area contributed by atoms with Crippen molar-refractivity contribution in [1.29, 1.82) is 0 Å². The third-order valence-corrected chi connectivity index (χ3v) is 3.92. The molecule has 0 aliphatic heterocycles. The second kappa shape index (κ2) is 5.07. The van der Waals surface area contributed by atoms with Gasteiger partial charge in [-0.2, -0.15) is 0 Å². The normalized spacial score (nSPS) is 10.4. The molecule has 0 N–H and O–H groups in total. The van der Waals surface area contributed by atoms with Crippen molar-refractivity contribution in [1.82, 2.24) is 0 Å². The van der Waals surface area contributed by atoms with Gasteiger partial charge in [-0.05, 0) is 44.0 Å². The van der Waals surface area contributed by atoms with E-state index in [1.807, 2.05) is 57.2 Å². The summed E-state index contributed by atoms with van der Waals surface area (Å²) in [7, 11) is 0. The molecule has 0 aliphatic carbocycles. The first kappa shape index (κ1) is 13.0. The van der Waals surface area contributed by atoms with Crippen LogP contribution in [0.3, 0.4) is 0 Å². The molecule has 2 heteroatoms. The number of halogens is 1. The summed E-state index contributed by atoms with van der Waals surface area (Å²) >= 11 is 3.48. The summed E-state index contributed by atoms with van der Waals surface area (Å²) < 4.78 is 1.04. The number of benzene rings is 2. The zero-order valence-corrected chi connectivity index (χ0v) is 12.3. The van der Waals surface area contributed by atoms with Crippen LogP contribution in [0.15, 0.2) is 40.9 Å². The Labute approximate surface area is 116 Å². The van der Waals surface area contributed by atoms with E-state index in [4.69, 9.17) is 0 Å². The van der Waals surface area contributed by atoms with Crippen LogP contribution in [0.2, 0.25) is 0 Å².